The van der Waals surface area contributed by atoms with Gasteiger partial charge in [0.15, 0.2) is 0 Å². The highest BCUT2D eigenvalue weighted by atomic mass is 35.5. The number of hydrogen-bond donors (Lipinski definition) is 1. The van der Waals surface area contributed by atoms with E-state index >= 15 is 0 Å². The molecule has 0 aliphatic carbocycles. The molecule has 0 bridgehead atoms. The van der Waals surface area contributed by atoms with Crippen LogP contribution < -0.4 is 10.2 Å². The molecule has 4 nitrogen and oxygen atoms in total. The summed E-state index contributed by atoms with van der Waals surface area (Å²) in [5.74, 6) is 0.636. The second-order valence-electron chi connectivity index (χ2n) is 5.14. The van der Waals surface area contributed by atoms with E-state index in [2.05, 4.69) is 17.1 Å². The van der Waals surface area contributed by atoms with Gasteiger partial charge in [-0.05, 0) is 45.9 Å². The molecule has 1 rings (SSSR count). The quantitative estimate of drug-likeness (QED) is 0.283. The predicted octanol–water partition coefficient (Wildman–Crippen LogP) is 7.32. The van der Waals surface area contributed by atoms with Gasteiger partial charge in [0.1, 0.15) is 12.4 Å². The van der Waals surface area contributed by atoms with Gasteiger partial charge in [0, 0.05) is 21.3 Å². The van der Waals surface area contributed by atoms with E-state index in [1.807, 2.05) is 59.8 Å². The van der Waals surface area contributed by atoms with Crippen LogP contribution in [0.5, 0.6) is 5.75 Å². The minimum absolute atomic E-state index is 0.402. The molecule has 0 amide bonds. The third kappa shape index (κ3) is 13.9. The van der Waals surface area contributed by atoms with Gasteiger partial charge >= 0.3 is 0 Å². The van der Waals surface area contributed by atoms with Crippen LogP contribution >= 0.6 is 23.2 Å². The maximum absolute atomic E-state index is 7.74. The third-order valence-corrected chi connectivity index (χ3v) is 3.55. The fourth-order valence-corrected chi connectivity index (χ4v) is 2.05. The minimum Gasteiger partial charge on any atom is -0.489 e. The maximum Gasteiger partial charge on any atom is 0.122 e. The van der Waals surface area contributed by atoms with E-state index in [4.69, 9.17) is 33.2 Å². The van der Waals surface area contributed by atoms with Gasteiger partial charge in [-0.3, -0.25) is 5.43 Å². The second kappa shape index (κ2) is 18.2. The molecule has 0 fully saturated rings. The Morgan fingerprint density at radius 3 is 2.14 bits per heavy atom. The topological polar surface area (TPSA) is 57.4 Å². The van der Waals surface area contributed by atoms with Crippen LogP contribution in [0.2, 0.25) is 10.0 Å². The van der Waals surface area contributed by atoms with Gasteiger partial charge in [-0.25, -0.2) is 0 Å². The first-order chi connectivity index (χ1) is 13.4. The van der Waals surface area contributed by atoms with E-state index in [9.17, 15) is 0 Å². The van der Waals surface area contributed by atoms with E-state index in [1.165, 1.54) is 0 Å². The summed E-state index contributed by atoms with van der Waals surface area (Å²) in [5.41, 5.74) is 5.82. The van der Waals surface area contributed by atoms with Crippen LogP contribution in [0.1, 0.15) is 48.0 Å². The molecule has 0 spiro atoms. The van der Waals surface area contributed by atoms with E-state index in [0.717, 1.165) is 17.0 Å². The molecule has 0 saturated carbocycles. The highest BCUT2D eigenvalue weighted by Gasteiger charge is 2.04. The lowest BCUT2D eigenvalue weighted by atomic mass is 10.2. The average Bonchev–Trinajstić information content (AvgIpc) is 2.68. The van der Waals surface area contributed by atoms with Crippen LogP contribution in [0.3, 0.4) is 0 Å². The molecule has 1 aromatic rings. The number of nitriles is 1. The van der Waals surface area contributed by atoms with Crippen molar-refractivity contribution in [3.8, 4) is 11.8 Å². The molecule has 154 valence electrons. The number of hydrazone groups is 1. The first-order valence-corrected chi connectivity index (χ1v) is 9.79. The molecule has 0 saturated heterocycles. The lowest BCUT2D eigenvalue weighted by Crippen LogP contribution is -2.13. The number of nitrogens with one attached hydrogen (secondary N) is 1. The normalized spacial score (nSPS) is 11.2. The van der Waals surface area contributed by atoms with E-state index < -0.39 is 0 Å². The number of allylic oxidation sites excluding steroid dienone is 4. The van der Waals surface area contributed by atoms with Crippen molar-refractivity contribution < 1.29 is 4.74 Å². The van der Waals surface area contributed by atoms with Crippen LogP contribution in [-0.2, 0) is 0 Å². The van der Waals surface area contributed by atoms with Crippen molar-refractivity contribution in [2.45, 2.75) is 48.0 Å². The van der Waals surface area contributed by atoms with Crippen molar-refractivity contribution >= 4 is 28.9 Å². The first-order valence-electron chi connectivity index (χ1n) is 9.03. The zero-order valence-electron chi connectivity index (χ0n) is 17.6. The molecule has 1 N–H and O–H groups in total. The molecule has 0 radical (unpaired) electrons. The SMILES string of the molecule is C/C=C(COc1cc(Cl)cc(Cl)c1)/C(C)=N\N/C(C)=C/C.C=CCC#N.CC. The zero-order chi connectivity index (χ0) is 21.9. The molecule has 0 aliphatic rings. The minimum atomic E-state index is 0.402. The van der Waals surface area contributed by atoms with Crippen LogP contribution in [0.4, 0.5) is 0 Å². The Hall–Kier alpha value is -2.22. The summed E-state index contributed by atoms with van der Waals surface area (Å²) in [7, 11) is 0. The van der Waals surface area contributed by atoms with Crippen LogP contribution in [-0.4, -0.2) is 12.3 Å². The van der Waals surface area contributed by atoms with Crippen molar-refractivity contribution in [1.82, 2.24) is 5.43 Å². The lowest BCUT2D eigenvalue weighted by molar-refractivity contribution is 0.357. The van der Waals surface area contributed by atoms with Gasteiger partial charge in [-0.2, -0.15) is 10.4 Å². The summed E-state index contributed by atoms with van der Waals surface area (Å²) >= 11 is 11.9. The smallest absolute Gasteiger partial charge is 0.122 e. The largest absolute Gasteiger partial charge is 0.489 e. The Balaban J connectivity index is 0. The predicted molar refractivity (Wildman–Crippen MR) is 123 cm³/mol. The average molecular weight is 424 g/mol. The summed E-state index contributed by atoms with van der Waals surface area (Å²) in [6.45, 7) is 15.5. The van der Waals surface area contributed by atoms with Crippen molar-refractivity contribution in [2.75, 3.05) is 6.61 Å². The number of benzene rings is 1. The molecule has 6 heteroatoms. The number of hydrogen-bond acceptors (Lipinski definition) is 4. The van der Waals surface area contributed by atoms with Crippen LogP contribution in [0.25, 0.3) is 0 Å². The highest BCUT2D eigenvalue weighted by molar-refractivity contribution is 6.34. The van der Waals surface area contributed by atoms with E-state index in [-0.39, 0.29) is 0 Å². The molecular weight excluding hydrogens is 393 g/mol. The fourth-order valence-electron chi connectivity index (χ4n) is 1.54. The Labute approximate surface area is 180 Å². The molecule has 0 unspecified atom stereocenters. The van der Waals surface area contributed by atoms with Crippen molar-refractivity contribution in [3.63, 3.8) is 0 Å². The zero-order valence-corrected chi connectivity index (χ0v) is 19.2. The first kappa shape index (κ1) is 28.0. The summed E-state index contributed by atoms with van der Waals surface area (Å²) in [6, 6.07) is 7.03. The Morgan fingerprint density at radius 1 is 1.18 bits per heavy atom. The Morgan fingerprint density at radius 2 is 1.75 bits per heavy atom. The molecule has 0 heterocycles. The number of nitrogens with zero attached hydrogens (tertiary/aromatic N) is 2. The summed E-state index contributed by atoms with van der Waals surface area (Å²) in [4.78, 5) is 0. The maximum atomic E-state index is 7.74. The van der Waals surface area contributed by atoms with Crippen molar-refractivity contribution in [3.05, 3.63) is 64.3 Å². The van der Waals surface area contributed by atoms with Gasteiger partial charge in [0.2, 0.25) is 0 Å². The molecule has 28 heavy (non-hydrogen) atoms. The molecule has 1 aromatic carbocycles. The van der Waals surface area contributed by atoms with Gasteiger partial charge in [0.05, 0.1) is 18.2 Å². The highest BCUT2D eigenvalue weighted by Crippen LogP contribution is 2.24. The molecule has 0 aromatic heterocycles. The van der Waals surface area contributed by atoms with Gasteiger partial charge < -0.3 is 4.74 Å². The van der Waals surface area contributed by atoms with Crippen molar-refractivity contribution in [2.24, 2.45) is 5.10 Å². The van der Waals surface area contributed by atoms with Gasteiger partial charge in [0.25, 0.3) is 0 Å². The van der Waals surface area contributed by atoms with E-state index in [0.29, 0.717) is 28.8 Å². The summed E-state index contributed by atoms with van der Waals surface area (Å²) in [5, 5.41) is 13.2. The number of rotatable bonds is 7. The van der Waals surface area contributed by atoms with Crippen LogP contribution in [0, 0.1) is 11.3 Å². The van der Waals surface area contributed by atoms with Gasteiger partial charge in [-0.15, -0.1) is 6.58 Å². The molecule has 0 aliphatic heterocycles. The summed E-state index contributed by atoms with van der Waals surface area (Å²) in [6.07, 6.45) is 5.95. The lowest BCUT2D eigenvalue weighted by Gasteiger charge is -2.11. The third-order valence-electron chi connectivity index (χ3n) is 3.11. The Bertz CT molecular complexity index is 697. The fraction of sp³-hybridized carbons (Fsp3) is 0.364. The second-order valence-corrected chi connectivity index (χ2v) is 6.01. The monoisotopic (exact) mass is 423 g/mol. The number of halogens is 2. The standard InChI is InChI=1S/C16H20Cl2N2O.C4H5N.C2H6/c1-5-11(3)19-20-12(4)13(6-2)10-21-16-8-14(17)7-15(18)9-16;1-2-3-4-5;1-2/h5-9,19H,10H2,1-4H3;2H,1,3H2;1-2H3/b11-5+,13-6+,20-12-;;. The molecule has 0 atom stereocenters. The molecular formula is C22H31Cl2N3O. The van der Waals surface area contributed by atoms with Crippen LogP contribution in [0.15, 0.2) is 59.4 Å². The van der Waals surface area contributed by atoms with Gasteiger partial charge in [-0.1, -0.05) is 55.3 Å². The number of ether oxygens (including phenoxy) is 1. The Kier molecular flexibility index (Phi) is 18.2. The van der Waals surface area contributed by atoms with Crippen molar-refractivity contribution in [1.29, 1.82) is 5.26 Å². The van der Waals surface area contributed by atoms with E-state index in [1.54, 1.807) is 24.3 Å². The summed E-state index contributed by atoms with van der Waals surface area (Å²) < 4.78 is 5.71.